The van der Waals surface area contributed by atoms with Gasteiger partial charge >= 0.3 is 46.5 Å². The van der Waals surface area contributed by atoms with Crippen molar-refractivity contribution in [3.05, 3.63) is 260 Å². The van der Waals surface area contributed by atoms with Crippen LogP contribution in [-0.4, -0.2) is 190 Å². The van der Waals surface area contributed by atoms with Gasteiger partial charge in [-0.15, -0.1) is 0 Å². The average molecular weight is 1840 g/mol. The molecule has 0 spiro atoms. The Hall–Kier alpha value is -13.2. The van der Waals surface area contributed by atoms with Gasteiger partial charge < -0.3 is 63.0 Å². The van der Waals surface area contributed by atoms with Crippen molar-refractivity contribution < 1.29 is 82.0 Å². The molecule has 128 heavy (non-hydrogen) atoms. The van der Waals surface area contributed by atoms with E-state index in [4.69, 9.17) is 67.7 Å². The van der Waals surface area contributed by atoms with Crippen LogP contribution < -0.4 is 57.8 Å². The number of esters is 1. The Labute approximate surface area is 750 Å². The second kappa shape index (κ2) is 39.8. The Morgan fingerprint density at radius 3 is 0.992 bits per heavy atom. The van der Waals surface area contributed by atoms with E-state index in [1.54, 1.807) is 43.4 Å². The minimum atomic E-state index is -0.907. The van der Waals surface area contributed by atoms with E-state index in [-0.39, 0.29) is 112 Å². The van der Waals surface area contributed by atoms with Gasteiger partial charge in [-0.1, -0.05) is 72.8 Å². The number of hydrogen-bond acceptors (Lipinski definition) is 21. The van der Waals surface area contributed by atoms with Crippen molar-refractivity contribution in [1.29, 1.82) is 0 Å². The number of methoxy groups -OCH3 is 3. The number of carboxylic acids is 1. The second-order valence-corrected chi connectivity index (χ2v) is 41.5. The van der Waals surface area contributed by atoms with Crippen molar-refractivity contribution >= 4 is 137 Å². The van der Waals surface area contributed by atoms with Crippen LogP contribution in [0.4, 0.5) is 56.9 Å². The van der Waals surface area contributed by atoms with E-state index in [0.29, 0.717) is 125 Å². The zero-order chi connectivity index (χ0) is 88.7. The summed E-state index contributed by atoms with van der Waals surface area (Å²) >= 11 is -0.543. The van der Waals surface area contributed by atoms with Crippen LogP contribution >= 0.6 is 0 Å². The number of carbonyl (C=O) groups is 6. The molecule has 0 saturated heterocycles. The Morgan fingerprint density at radius 2 is 0.688 bits per heavy atom. The number of carboxylic acid groups (broad SMARTS) is 1. The third-order valence-electron chi connectivity index (χ3n) is 23.4. The van der Waals surface area contributed by atoms with Crippen LogP contribution in [-0.2, 0) is 75.9 Å². The van der Waals surface area contributed by atoms with Crippen molar-refractivity contribution in [1.82, 2.24) is 0 Å². The Kier molecular flexibility index (Phi) is 27.8. The number of aryl methyl sites for hydroxylation is 2. The third kappa shape index (κ3) is 19.5. The van der Waals surface area contributed by atoms with Gasteiger partial charge in [0, 0.05) is 136 Å². The molecule has 4 atom stereocenters. The van der Waals surface area contributed by atoms with E-state index in [1.165, 1.54) is 7.11 Å². The molecule has 18 rings (SSSR count). The Bertz CT molecular complexity index is 6050. The molecule has 0 aromatic heterocycles. The fourth-order valence-corrected chi connectivity index (χ4v) is 17.0. The van der Waals surface area contributed by atoms with Crippen LogP contribution in [0.15, 0.2) is 202 Å². The van der Waals surface area contributed by atoms with Gasteiger partial charge in [-0.2, -0.15) is 0 Å². The molecule has 8 aliphatic rings. The molecule has 3 N–H and O–H groups in total. The molecular formula is C100H103N10O17Sn. The van der Waals surface area contributed by atoms with E-state index in [1.807, 2.05) is 212 Å². The molecule has 659 valence electrons. The summed E-state index contributed by atoms with van der Waals surface area (Å²) < 4.78 is 53.4. The number of hydrogen-bond donors (Lipinski definition) is 1. The van der Waals surface area contributed by atoms with Crippen LogP contribution in [0.25, 0.3) is 0 Å². The summed E-state index contributed by atoms with van der Waals surface area (Å²) in [5.41, 5.74) is 19.1. The molecule has 10 aromatic carbocycles. The maximum atomic E-state index is 14.0. The molecule has 1 radical (unpaired) electrons. The predicted octanol–water partition coefficient (Wildman–Crippen LogP) is 16.0. The number of carbonyl (C=O) groups excluding carboxylic acids is 5. The van der Waals surface area contributed by atoms with Crippen molar-refractivity contribution in [2.75, 3.05) is 104 Å². The van der Waals surface area contributed by atoms with Crippen molar-refractivity contribution in [2.45, 2.75) is 118 Å². The molecule has 0 unspecified atom stereocenters. The first-order valence-corrected chi connectivity index (χ1v) is 51.1. The number of para-hydroxylation sites is 4. The van der Waals surface area contributed by atoms with E-state index >= 15 is 0 Å². The monoisotopic (exact) mass is 1840 g/mol. The van der Waals surface area contributed by atoms with Gasteiger partial charge in [0.15, 0.2) is 23.0 Å². The number of amides is 4. The summed E-state index contributed by atoms with van der Waals surface area (Å²) in [5, 5.41) is 9.00. The summed E-state index contributed by atoms with van der Waals surface area (Å²) in [6, 6.07) is 57.7. The molecular weight excluding hydrogens is 1730 g/mol. The third-order valence-corrected chi connectivity index (χ3v) is 23.4. The van der Waals surface area contributed by atoms with Gasteiger partial charge in [0.05, 0.1) is 130 Å². The van der Waals surface area contributed by atoms with Crippen LogP contribution in [0.2, 0.25) is 14.8 Å². The SMILES string of the molecule is COC(=O)CCOCCN(C)c1cc(COc2cc3c(cc2C)C(=O)N2c4ccccc4C[C@H]2C=N3)cc(COc2cc3c(cc2OC)C(=O)N2c4ccccc4C[C@H]2C=N3)c1.COc1cc2c(cc1OCc1cc(COc3cc4c(cc3C)C(=O)N3c5ccccc5C[C@H]3C=N4)cc(N(C)CCOCCC(=O)O)c1)N=C[C@@H]1Cc3ccccc3N1C2=O.O.[CH3][Sn]([CH3])[CH3]. The van der Waals surface area contributed by atoms with Crippen molar-refractivity contribution in [2.24, 2.45) is 20.0 Å². The van der Waals surface area contributed by atoms with Gasteiger partial charge in [-0.25, -0.2) is 0 Å². The average Bonchev–Trinajstić information content (AvgIpc) is 1.62. The number of likely N-dealkylation sites (N-methyl/N-ethyl adjacent to an activating group) is 2. The summed E-state index contributed by atoms with van der Waals surface area (Å²) in [4.78, 5) is 116. The topological polar surface area (TPSA) is 306 Å². The summed E-state index contributed by atoms with van der Waals surface area (Å²) in [6.45, 7) is 6.82. The van der Waals surface area contributed by atoms with Gasteiger partial charge in [-0.05, 0) is 154 Å². The number of aliphatic imine (C=N–C) groups is 4. The Balaban J connectivity index is 0.000000188. The molecule has 0 aliphatic carbocycles. The second-order valence-electron chi connectivity index (χ2n) is 32.9. The van der Waals surface area contributed by atoms with E-state index in [9.17, 15) is 28.8 Å². The van der Waals surface area contributed by atoms with Gasteiger partial charge in [0.2, 0.25) is 0 Å². The van der Waals surface area contributed by atoms with Crippen molar-refractivity contribution in [3.63, 3.8) is 0 Å². The maximum absolute atomic E-state index is 14.0. The number of rotatable bonds is 28. The van der Waals surface area contributed by atoms with E-state index < -0.39 is 25.7 Å². The van der Waals surface area contributed by atoms with Gasteiger partial charge in [0.1, 0.15) is 37.9 Å². The first-order chi connectivity index (χ1) is 61.6. The van der Waals surface area contributed by atoms with Gasteiger partial charge in [-0.3, -0.25) is 68.3 Å². The summed E-state index contributed by atoms with van der Waals surface area (Å²) in [5.74, 6) is 1.30. The first kappa shape index (κ1) is 89.6. The number of anilines is 6. The van der Waals surface area contributed by atoms with Crippen LogP contribution in [0.1, 0.15) is 110 Å². The molecule has 28 heteroatoms. The molecule has 0 fully saturated rings. The van der Waals surface area contributed by atoms with E-state index in [2.05, 4.69) is 37.9 Å². The number of fused-ring (bicyclic) bond motifs is 16. The van der Waals surface area contributed by atoms with Crippen LogP contribution in [0, 0.1) is 13.8 Å². The van der Waals surface area contributed by atoms with Gasteiger partial charge in [0.25, 0.3) is 23.6 Å². The van der Waals surface area contributed by atoms with E-state index in [0.717, 1.165) is 96.2 Å². The zero-order valence-electron chi connectivity index (χ0n) is 73.3. The molecule has 4 amide bonds. The Morgan fingerprint density at radius 1 is 0.398 bits per heavy atom. The molecule has 27 nitrogen and oxygen atoms in total. The quantitative estimate of drug-likeness (QED) is 0.0270. The van der Waals surface area contributed by atoms with Crippen LogP contribution in [0.3, 0.4) is 0 Å². The molecule has 8 aliphatic heterocycles. The zero-order valence-corrected chi connectivity index (χ0v) is 76.2. The summed E-state index contributed by atoms with van der Waals surface area (Å²) in [7, 11) is 8.37. The molecule has 0 bridgehead atoms. The number of benzene rings is 10. The molecule has 10 aromatic rings. The fourth-order valence-electron chi connectivity index (χ4n) is 17.0. The normalized spacial score (nSPS) is 16.3. The molecule has 0 saturated carbocycles. The number of nitrogens with zero attached hydrogens (tertiary/aromatic N) is 10. The summed E-state index contributed by atoms with van der Waals surface area (Å²) in [6.07, 6.45) is 10.3. The standard InChI is InChI=1S/C49H47N5O8.C48H45N5O8.3CH3.H2O.Sn/c1-30-17-38-40(50-26-36-21-33-9-5-7-11-42(33)53(36)48(38)56)24-44(30)61-28-31-18-32(20-35(19-31)52(2)14-16-60-15-13-47(55)59-4)29-62-46-25-41-39(23-45(46)58-3)49(57)54-37(27-51-41)22-34-10-6-8-12-43(34)54;1-29-16-37-39(49-25-35-20-32-8-4-6-10-41(32)52(35)47(37)56)23-43(29)60-27-30-17-31(19-34(18-30)51(2)13-15-59-14-12-46(54)55)28-61-45-24-40-38(22-44(45)58-3)48(57)53-36(26-50-40)21-33-9-5-7-11-42(33)53;;;;;/h5-12,17-20,23-27,36-37H,13-16,21-22,28-29H2,1-4H3;4-11,16-19,22-26,35-36H,12-15,20-21,27-28H2,1-3H3,(H,54,55);3*1H3;1H2;/t36-,37-;35-,36-;;;;;/m00...../s1. The predicted molar refractivity (Wildman–Crippen MR) is 498 cm³/mol. The van der Waals surface area contributed by atoms with Crippen molar-refractivity contribution in [3.8, 4) is 34.5 Å². The minimum absolute atomic E-state index is 0. The first-order valence-electron chi connectivity index (χ1n) is 42.5. The number of aliphatic carboxylic acids is 1. The van der Waals surface area contributed by atoms with Crippen LogP contribution in [0.5, 0.6) is 34.5 Å². The molecule has 8 heterocycles. The number of ether oxygens (including phenoxy) is 9. The fraction of sp³-hybridized carbons (Fsp3) is 0.300.